The normalized spacial score (nSPS) is 15.8. The number of hydrogen-bond donors (Lipinski definition) is 1. The molecule has 4 aromatic rings. The van der Waals surface area contributed by atoms with Crippen LogP contribution in [0.5, 0.6) is 0 Å². The monoisotopic (exact) mass is 476 g/mol. The largest absolute Gasteiger partial charge is 0.324 e. The molecule has 176 valence electrons. The maximum absolute atomic E-state index is 12.1. The van der Waals surface area contributed by atoms with Crippen molar-refractivity contribution in [2.45, 2.75) is 25.8 Å². The van der Waals surface area contributed by atoms with Gasteiger partial charge in [0, 0.05) is 52.6 Å². The van der Waals surface area contributed by atoms with Gasteiger partial charge in [0.25, 0.3) is 0 Å². The summed E-state index contributed by atoms with van der Waals surface area (Å²) in [7, 11) is -0.163. The Morgan fingerprint density at radius 1 is 1.12 bits per heavy atom. The molecule has 1 aromatic carbocycles. The fraction of sp³-hybridized carbons (Fsp3) is 0.333. The smallest absolute Gasteiger partial charge is 0.229 e. The third kappa shape index (κ3) is 4.51. The second kappa shape index (κ2) is 8.14. The van der Waals surface area contributed by atoms with Crippen molar-refractivity contribution >= 4 is 38.2 Å². The van der Waals surface area contributed by atoms with Crippen LogP contribution >= 0.6 is 0 Å². The summed E-state index contributed by atoms with van der Waals surface area (Å²) >= 11 is 0. The molecule has 1 N–H and O–H groups in total. The molecular formula is C24H28N8OS. The number of anilines is 2. The zero-order valence-electron chi connectivity index (χ0n) is 20.0. The summed E-state index contributed by atoms with van der Waals surface area (Å²) in [6, 6.07) is 11.8. The Kier molecular flexibility index (Phi) is 5.37. The second-order valence-electron chi connectivity index (χ2n) is 9.71. The van der Waals surface area contributed by atoms with Crippen molar-refractivity contribution in [3.05, 3.63) is 59.9 Å². The number of nitrogens with zero attached hydrogens (tertiary/aromatic N) is 7. The topological polar surface area (TPSA) is 101 Å². The highest BCUT2D eigenvalue weighted by atomic mass is 32.2. The molecule has 0 amide bonds. The summed E-state index contributed by atoms with van der Waals surface area (Å²) in [5.74, 6) is 1.42. The first kappa shape index (κ1) is 22.4. The summed E-state index contributed by atoms with van der Waals surface area (Å²) in [6.07, 6.45) is 6.60. The standard InChI is InChI=1S/C24H28N8OS/c1-24(2)15-31(3)14-16-9-10-18(11-19(16)24)27-23-25-12-17-13-26-32(22(17)29-23)21-8-6-7-20(28-21)30-34(4,5)33/h6-13H,14-15H2,1-5H3,(H,25,27,29). The quantitative estimate of drug-likeness (QED) is 0.474. The number of hydrogen-bond acceptors (Lipinski definition) is 8. The second-order valence-corrected chi connectivity index (χ2v) is 12.3. The zero-order chi connectivity index (χ0) is 24.1. The van der Waals surface area contributed by atoms with Gasteiger partial charge in [0.2, 0.25) is 5.95 Å². The highest BCUT2D eigenvalue weighted by molar-refractivity contribution is 7.92. The molecule has 0 fully saturated rings. The summed E-state index contributed by atoms with van der Waals surface area (Å²) < 4.78 is 17.9. The fourth-order valence-corrected chi connectivity index (χ4v) is 5.06. The Morgan fingerprint density at radius 3 is 2.74 bits per heavy atom. The van der Waals surface area contributed by atoms with Gasteiger partial charge < -0.3 is 10.2 Å². The van der Waals surface area contributed by atoms with Gasteiger partial charge in [0.05, 0.1) is 11.6 Å². The van der Waals surface area contributed by atoms with Crippen LogP contribution in [-0.4, -0.2) is 59.9 Å². The number of pyridine rings is 1. The molecule has 9 nitrogen and oxygen atoms in total. The van der Waals surface area contributed by atoms with Gasteiger partial charge in [0.15, 0.2) is 17.3 Å². The Bertz CT molecular complexity index is 1510. The average Bonchev–Trinajstić information content (AvgIpc) is 3.16. The zero-order valence-corrected chi connectivity index (χ0v) is 20.8. The van der Waals surface area contributed by atoms with Crippen molar-refractivity contribution in [3.8, 4) is 5.82 Å². The molecule has 0 aliphatic carbocycles. The van der Waals surface area contributed by atoms with E-state index in [0.29, 0.717) is 23.2 Å². The fourth-order valence-electron chi connectivity index (χ4n) is 4.51. The highest BCUT2D eigenvalue weighted by Crippen LogP contribution is 2.35. The van der Waals surface area contributed by atoms with Crippen molar-refractivity contribution < 1.29 is 4.21 Å². The highest BCUT2D eigenvalue weighted by Gasteiger charge is 2.30. The van der Waals surface area contributed by atoms with Crippen molar-refractivity contribution in [2.24, 2.45) is 4.36 Å². The minimum Gasteiger partial charge on any atom is -0.324 e. The molecule has 3 aromatic heterocycles. The van der Waals surface area contributed by atoms with E-state index < -0.39 is 9.73 Å². The third-order valence-electron chi connectivity index (χ3n) is 5.76. The number of nitrogens with one attached hydrogen (secondary N) is 1. The van der Waals surface area contributed by atoms with Crippen LogP contribution in [0, 0.1) is 0 Å². The molecule has 0 unspecified atom stereocenters. The van der Waals surface area contributed by atoms with Crippen LogP contribution < -0.4 is 5.32 Å². The maximum Gasteiger partial charge on any atom is 0.229 e. The lowest BCUT2D eigenvalue weighted by Crippen LogP contribution is -2.39. The average molecular weight is 477 g/mol. The van der Waals surface area contributed by atoms with Gasteiger partial charge in [-0.05, 0) is 42.4 Å². The lowest BCUT2D eigenvalue weighted by Gasteiger charge is -2.38. The minimum atomic E-state index is -2.32. The Labute approximate surface area is 199 Å². The summed E-state index contributed by atoms with van der Waals surface area (Å²) in [6.45, 7) is 6.50. The Balaban J connectivity index is 1.49. The SMILES string of the molecule is CN1Cc2ccc(Nc3ncc4cnn(-c5cccc(N=S(C)(C)=O)n5)c4n3)cc2C(C)(C)C1. The summed E-state index contributed by atoms with van der Waals surface area (Å²) in [5.41, 5.74) is 4.32. The third-order valence-corrected chi connectivity index (χ3v) is 6.39. The lowest BCUT2D eigenvalue weighted by molar-refractivity contribution is 0.236. The van der Waals surface area contributed by atoms with E-state index in [0.717, 1.165) is 24.2 Å². The van der Waals surface area contributed by atoms with Gasteiger partial charge >= 0.3 is 0 Å². The van der Waals surface area contributed by atoms with Crippen LogP contribution in [0.2, 0.25) is 0 Å². The number of aromatic nitrogens is 5. The van der Waals surface area contributed by atoms with E-state index >= 15 is 0 Å². The molecule has 10 heteroatoms. The molecule has 0 spiro atoms. The Hall–Kier alpha value is -3.37. The molecule has 1 aliphatic rings. The van der Waals surface area contributed by atoms with Gasteiger partial charge in [-0.15, -0.1) is 0 Å². The predicted molar refractivity (Wildman–Crippen MR) is 136 cm³/mol. The first-order valence-corrected chi connectivity index (χ1v) is 13.3. The molecule has 4 heterocycles. The van der Waals surface area contributed by atoms with Gasteiger partial charge in [0.1, 0.15) is 0 Å². The van der Waals surface area contributed by atoms with Gasteiger partial charge in [-0.25, -0.2) is 14.2 Å². The first-order valence-electron chi connectivity index (χ1n) is 11.0. The van der Waals surface area contributed by atoms with E-state index in [4.69, 9.17) is 4.98 Å². The molecule has 0 bridgehead atoms. The van der Waals surface area contributed by atoms with Gasteiger partial charge in [-0.3, -0.25) is 0 Å². The van der Waals surface area contributed by atoms with E-state index in [1.54, 1.807) is 35.7 Å². The lowest BCUT2D eigenvalue weighted by atomic mass is 9.78. The van der Waals surface area contributed by atoms with Crippen LogP contribution in [-0.2, 0) is 21.7 Å². The predicted octanol–water partition coefficient (Wildman–Crippen LogP) is 4.04. The number of fused-ring (bicyclic) bond motifs is 2. The minimum absolute atomic E-state index is 0.0611. The maximum atomic E-state index is 12.1. The van der Waals surface area contributed by atoms with Crippen molar-refractivity contribution in [3.63, 3.8) is 0 Å². The van der Waals surface area contributed by atoms with Crippen LogP contribution in [0.15, 0.2) is 53.2 Å². The first-order chi connectivity index (χ1) is 16.1. The van der Waals surface area contributed by atoms with Crippen molar-refractivity contribution in [1.29, 1.82) is 0 Å². The number of benzene rings is 1. The van der Waals surface area contributed by atoms with Crippen LogP contribution in [0.25, 0.3) is 16.9 Å². The van der Waals surface area contributed by atoms with E-state index in [1.165, 1.54) is 11.1 Å². The van der Waals surface area contributed by atoms with Crippen LogP contribution in [0.3, 0.4) is 0 Å². The van der Waals surface area contributed by atoms with Crippen LogP contribution in [0.1, 0.15) is 25.0 Å². The van der Waals surface area contributed by atoms with Gasteiger partial charge in [-0.2, -0.15) is 19.1 Å². The molecule has 0 saturated carbocycles. The van der Waals surface area contributed by atoms with E-state index in [1.807, 2.05) is 12.1 Å². The number of rotatable bonds is 4. The van der Waals surface area contributed by atoms with Crippen molar-refractivity contribution in [2.75, 3.05) is 31.4 Å². The molecule has 0 atom stereocenters. The van der Waals surface area contributed by atoms with E-state index in [9.17, 15) is 4.21 Å². The van der Waals surface area contributed by atoms with E-state index in [-0.39, 0.29) is 5.41 Å². The van der Waals surface area contributed by atoms with E-state index in [2.05, 4.69) is 68.7 Å². The van der Waals surface area contributed by atoms with Gasteiger partial charge in [-0.1, -0.05) is 26.0 Å². The molecular weight excluding hydrogens is 448 g/mol. The van der Waals surface area contributed by atoms with Crippen LogP contribution in [0.4, 0.5) is 17.5 Å². The molecule has 0 saturated heterocycles. The molecule has 5 rings (SSSR count). The molecule has 1 aliphatic heterocycles. The summed E-state index contributed by atoms with van der Waals surface area (Å²) in [4.78, 5) is 16.0. The molecule has 0 radical (unpaired) electrons. The Morgan fingerprint density at radius 2 is 1.94 bits per heavy atom. The summed E-state index contributed by atoms with van der Waals surface area (Å²) in [5, 5.41) is 8.58. The number of likely N-dealkylation sites (N-methyl/N-ethyl adjacent to an activating group) is 1. The molecule has 34 heavy (non-hydrogen) atoms. The van der Waals surface area contributed by atoms with Crippen molar-refractivity contribution in [1.82, 2.24) is 29.6 Å².